The molecule has 1 heterocycles. The van der Waals surface area contributed by atoms with Gasteiger partial charge in [-0.15, -0.1) is 0 Å². The number of aromatic nitrogens is 1. The zero-order chi connectivity index (χ0) is 11.1. The summed E-state index contributed by atoms with van der Waals surface area (Å²) in [5, 5.41) is 0. The maximum Gasteiger partial charge on any atom is 0.250 e. The lowest BCUT2D eigenvalue weighted by Gasteiger charge is -2.06. The normalized spacial score (nSPS) is 10.5. The number of nitrogens with two attached hydrogens (primary N) is 1. The van der Waals surface area contributed by atoms with E-state index >= 15 is 0 Å². The van der Waals surface area contributed by atoms with E-state index < -0.39 is 0 Å². The third-order valence-corrected chi connectivity index (χ3v) is 1.91. The molecule has 0 aromatic carbocycles. The van der Waals surface area contributed by atoms with Gasteiger partial charge in [0.1, 0.15) is 0 Å². The highest BCUT2D eigenvalue weighted by Crippen LogP contribution is 1.95. The Balaban J connectivity index is 2.37. The van der Waals surface area contributed by atoms with Crippen molar-refractivity contribution in [1.29, 1.82) is 0 Å². The summed E-state index contributed by atoms with van der Waals surface area (Å²) in [6.07, 6.45) is 1.61. The second-order valence-electron chi connectivity index (χ2n) is 3.10. The number of hydrogen-bond donors (Lipinski definition) is 1. The lowest BCUT2D eigenvalue weighted by Crippen LogP contribution is -2.21. The zero-order valence-electron chi connectivity index (χ0n) is 8.81. The largest absolute Gasteiger partial charge is 0.398 e. The molecule has 0 spiro atoms. The van der Waals surface area contributed by atoms with Crippen molar-refractivity contribution in [3.05, 3.63) is 28.7 Å². The Morgan fingerprint density at radius 1 is 1.33 bits per heavy atom. The number of hydrogen-bond acceptors (Lipinski definition) is 4. The van der Waals surface area contributed by atoms with Gasteiger partial charge in [0, 0.05) is 31.6 Å². The molecule has 2 N–H and O–H groups in total. The number of rotatable bonds is 6. The summed E-state index contributed by atoms with van der Waals surface area (Å²) < 4.78 is 11.6. The molecule has 0 bridgehead atoms. The average molecular weight is 212 g/mol. The SMILES string of the molecule is COCCOCCn1cc(N)ccc1=O. The molecule has 1 aromatic rings. The Morgan fingerprint density at radius 3 is 2.87 bits per heavy atom. The summed E-state index contributed by atoms with van der Waals surface area (Å²) in [7, 11) is 1.62. The monoisotopic (exact) mass is 212 g/mol. The molecule has 5 nitrogen and oxygen atoms in total. The van der Waals surface area contributed by atoms with E-state index in [0.717, 1.165) is 0 Å². The van der Waals surface area contributed by atoms with Crippen LogP contribution >= 0.6 is 0 Å². The smallest absolute Gasteiger partial charge is 0.250 e. The van der Waals surface area contributed by atoms with Crippen LogP contribution in [0.15, 0.2) is 23.1 Å². The van der Waals surface area contributed by atoms with Crippen LogP contribution in [0.25, 0.3) is 0 Å². The topological polar surface area (TPSA) is 66.5 Å². The fourth-order valence-corrected chi connectivity index (χ4v) is 1.13. The van der Waals surface area contributed by atoms with E-state index in [1.165, 1.54) is 10.6 Å². The van der Waals surface area contributed by atoms with Crippen molar-refractivity contribution in [2.24, 2.45) is 0 Å². The highest BCUT2D eigenvalue weighted by molar-refractivity contribution is 5.33. The van der Waals surface area contributed by atoms with Gasteiger partial charge in [0.15, 0.2) is 0 Å². The molecule has 1 aromatic heterocycles. The standard InChI is InChI=1S/C10H16N2O3/c1-14-6-7-15-5-4-12-8-9(11)2-3-10(12)13/h2-3,8H,4-7,11H2,1H3. The molecule has 84 valence electrons. The van der Waals surface area contributed by atoms with E-state index in [-0.39, 0.29) is 5.56 Å². The van der Waals surface area contributed by atoms with Crippen LogP contribution in [0, 0.1) is 0 Å². The molecular weight excluding hydrogens is 196 g/mol. The maximum atomic E-state index is 11.3. The molecule has 0 atom stereocenters. The Hall–Kier alpha value is -1.33. The minimum absolute atomic E-state index is 0.0699. The number of ether oxygens (including phenoxy) is 2. The first-order valence-electron chi connectivity index (χ1n) is 4.76. The Bertz CT molecular complexity index is 349. The molecule has 15 heavy (non-hydrogen) atoms. The van der Waals surface area contributed by atoms with Crippen molar-refractivity contribution in [3.8, 4) is 0 Å². The number of nitrogen functional groups attached to an aromatic ring is 1. The summed E-state index contributed by atoms with van der Waals surface area (Å²) >= 11 is 0. The van der Waals surface area contributed by atoms with Crippen molar-refractivity contribution in [2.75, 3.05) is 32.7 Å². The second-order valence-corrected chi connectivity index (χ2v) is 3.10. The van der Waals surface area contributed by atoms with Crippen LogP contribution in [0.1, 0.15) is 0 Å². The van der Waals surface area contributed by atoms with Gasteiger partial charge < -0.3 is 19.8 Å². The van der Waals surface area contributed by atoms with Crippen LogP contribution in [0.5, 0.6) is 0 Å². The summed E-state index contributed by atoms with van der Waals surface area (Å²) in [6, 6.07) is 3.04. The van der Waals surface area contributed by atoms with Crippen LogP contribution in [0.2, 0.25) is 0 Å². The van der Waals surface area contributed by atoms with Crippen LogP contribution in [-0.4, -0.2) is 31.5 Å². The van der Waals surface area contributed by atoms with Crippen molar-refractivity contribution in [3.63, 3.8) is 0 Å². The van der Waals surface area contributed by atoms with Crippen molar-refractivity contribution >= 4 is 5.69 Å². The highest BCUT2D eigenvalue weighted by Gasteiger charge is 1.96. The minimum atomic E-state index is -0.0699. The Labute approximate surface area is 88.4 Å². The third-order valence-electron chi connectivity index (χ3n) is 1.91. The molecular formula is C10H16N2O3. The summed E-state index contributed by atoms with van der Waals surface area (Å²) in [5.41, 5.74) is 6.06. The number of anilines is 1. The number of pyridine rings is 1. The van der Waals surface area contributed by atoms with E-state index in [2.05, 4.69) is 0 Å². The fourth-order valence-electron chi connectivity index (χ4n) is 1.13. The lowest BCUT2D eigenvalue weighted by molar-refractivity contribution is 0.0663. The average Bonchev–Trinajstić information content (AvgIpc) is 2.23. The minimum Gasteiger partial charge on any atom is -0.398 e. The van der Waals surface area contributed by atoms with Gasteiger partial charge in [0.2, 0.25) is 0 Å². The van der Waals surface area contributed by atoms with E-state index in [1.807, 2.05) is 0 Å². The van der Waals surface area contributed by atoms with Crippen LogP contribution in [-0.2, 0) is 16.0 Å². The molecule has 1 rings (SSSR count). The van der Waals surface area contributed by atoms with Crippen molar-refractivity contribution in [1.82, 2.24) is 4.57 Å². The van der Waals surface area contributed by atoms with Crippen LogP contribution in [0.4, 0.5) is 5.69 Å². The van der Waals surface area contributed by atoms with E-state index in [1.54, 1.807) is 19.4 Å². The third kappa shape index (κ3) is 4.14. The quantitative estimate of drug-likeness (QED) is 0.679. The fraction of sp³-hybridized carbons (Fsp3) is 0.500. The predicted octanol–water partition coefficient (Wildman–Crippen LogP) is 0.0935. The highest BCUT2D eigenvalue weighted by atomic mass is 16.5. The number of nitrogens with zero attached hydrogens (tertiary/aromatic N) is 1. The molecule has 0 amide bonds. The van der Waals surface area contributed by atoms with Gasteiger partial charge >= 0.3 is 0 Å². The molecule has 0 unspecified atom stereocenters. The molecule has 0 aliphatic rings. The molecule has 0 fully saturated rings. The van der Waals surface area contributed by atoms with E-state index in [0.29, 0.717) is 32.1 Å². The van der Waals surface area contributed by atoms with Gasteiger partial charge in [-0.3, -0.25) is 4.79 Å². The molecule has 0 aliphatic heterocycles. The molecule has 0 saturated heterocycles. The maximum absolute atomic E-state index is 11.3. The van der Waals surface area contributed by atoms with Gasteiger partial charge in [-0.2, -0.15) is 0 Å². The lowest BCUT2D eigenvalue weighted by atomic mass is 10.4. The molecule has 0 saturated carbocycles. The van der Waals surface area contributed by atoms with E-state index in [4.69, 9.17) is 15.2 Å². The first kappa shape index (κ1) is 11.7. The van der Waals surface area contributed by atoms with Gasteiger partial charge in [0.25, 0.3) is 5.56 Å². The van der Waals surface area contributed by atoms with Crippen molar-refractivity contribution < 1.29 is 9.47 Å². The number of methoxy groups -OCH3 is 1. The first-order valence-corrected chi connectivity index (χ1v) is 4.76. The summed E-state index contributed by atoms with van der Waals surface area (Å²) in [5.74, 6) is 0. The van der Waals surface area contributed by atoms with Gasteiger partial charge in [-0.05, 0) is 6.07 Å². The molecule has 5 heteroatoms. The second kappa shape index (κ2) is 6.21. The molecule has 0 radical (unpaired) electrons. The van der Waals surface area contributed by atoms with Gasteiger partial charge in [0.05, 0.1) is 19.8 Å². The van der Waals surface area contributed by atoms with Crippen LogP contribution in [0.3, 0.4) is 0 Å². The summed E-state index contributed by atoms with van der Waals surface area (Å²) in [4.78, 5) is 11.3. The van der Waals surface area contributed by atoms with E-state index in [9.17, 15) is 4.79 Å². The van der Waals surface area contributed by atoms with Gasteiger partial charge in [-0.25, -0.2) is 0 Å². The Kier molecular flexibility index (Phi) is 4.86. The first-order chi connectivity index (χ1) is 7.24. The van der Waals surface area contributed by atoms with Gasteiger partial charge in [-0.1, -0.05) is 0 Å². The molecule has 0 aliphatic carbocycles. The van der Waals surface area contributed by atoms with Crippen LogP contribution < -0.4 is 11.3 Å². The van der Waals surface area contributed by atoms with Crippen molar-refractivity contribution in [2.45, 2.75) is 6.54 Å². The predicted molar refractivity (Wildman–Crippen MR) is 57.8 cm³/mol. The summed E-state index contributed by atoms with van der Waals surface area (Å²) in [6.45, 7) is 2.08. The Morgan fingerprint density at radius 2 is 2.13 bits per heavy atom. The zero-order valence-corrected chi connectivity index (χ0v) is 8.81.